The highest BCUT2D eigenvalue weighted by Gasteiger charge is 2.23. The minimum Gasteiger partial charge on any atom is -0.378 e. The van der Waals surface area contributed by atoms with E-state index in [0.717, 1.165) is 16.1 Å². The minimum absolute atomic E-state index is 0.129. The molecular formula is C22H19ClN4OS. The van der Waals surface area contributed by atoms with Crippen molar-refractivity contribution in [2.45, 2.75) is 6.54 Å². The van der Waals surface area contributed by atoms with Crippen molar-refractivity contribution in [3.8, 4) is 0 Å². The Hall–Kier alpha value is -2.96. The smallest absolute Gasteiger partial charge is 0.260 e. The zero-order valence-electron chi connectivity index (χ0n) is 16.0. The molecule has 0 aliphatic carbocycles. The van der Waals surface area contributed by atoms with Crippen LogP contribution >= 0.6 is 22.9 Å². The van der Waals surface area contributed by atoms with Gasteiger partial charge in [-0.15, -0.1) is 0 Å². The monoisotopic (exact) mass is 422 g/mol. The summed E-state index contributed by atoms with van der Waals surface area (Å²) >= 11 is 7.75. The first-order valence-electron chi connectivity index (χ1n) is 9.07. The molecule has 0 atom stereocenters. The van der Waals surface area contributed by atoms with Crippen LogP contribution in [0, 0.1) is 0 Å². The van der Waals surface area contributed by atoms with Gasteiger partial charge in [0.1, 0.15) is 5.52 Å². The van der Waals surface area contributed by atoms with Crippen molar-refractivity contribution >= 4 is 49.9 Å². The standard InChI is InChI=1S/C22H19ClN4OS/c1-26(2)17-11-9-15(10-12-17)21(28)27(14-16-6-3-4-13-24-16)22-25-20-18(23)7-5-8-19(20)29-22/h3-13H,14H2,1-2H3. The Morgan fingerprint density at radius 2 is 1.83 bits per heavy atom. The Morgan fingerprint density at radius 3 is 2.48 bits per heavy atom. The molecule has 2 aromatic heterocycles. The van der Waals surface area contributed by atoms with Crippen molar-refractivity contribution in [2.24, 2.45) is 0 Å². The number of para-hydroxylation sites is 1. The predicted molar refractivity (Wildman–Crippen MR) is 120 cm³/mol. The van der Waals surface area contributed by atoms with E-state index >= 15 is 0 Å². The van der Waals surface area contributed by atoms with Crippen molar-refractivity contribution < 1.29 is 4.79 Å². The summed E-state index contributed by atoms with van der Waals surface area (Å²) < 4.78 is 0.939. The quantitative estimate of drug-likeness (QED) is 0.440. The molecule has 4 rings (SSSR count). The van der Waals surface area contributed by atoms with Crippen molar-refractivity contribution in [2.75, 3.05) is 23.9 Å². The van der Waals surface area contributed by atoms with Gasteiger partial charge in [0, 0.05) is 31.5 Å². The molecule has 1 amide bonds. The Balaban J connectivity index is 1.74. The molecule has 0 bridgehead atoms. The number of aromatic nitrogens is 2. The van der Waals surface area contributed by atoms with Crippen LogP contribution in [0.25, 0.3) is 10.2 Å². The highest BCUT2D eigenvalue weighted by atomic mass is 35.5. The molecule has 7 heteroatoms. The second-order valence-electron chi connectivity index (χ2n) is 6.74. The van der Waals surface area contributed by atoms with E-state index < -0.39 is 0 Å². The first kappa shape index (κ1) is 19.4. The van der Waals surface area contributed by atoms with Crippen LogP contribution in [0.5, 0.6) is 0 Å². The van der Waals surface area contributed by atoms with E-state index in [0.29, 0.717) is 27.8 Å². The molecule has 0 spiro atoms. The molecule has 0 aliphatic heterocycles. The zero-order valence-corrected chi connectivity index (χ0v) is 17.6. The Bertz CT molecular complexity index is 1140. The van der Waals surface area contributed by atoms with Gasteiger partial charge >= 0.3 is 0 Å². The lowest BCUT2D eigenvalue weighted by atomic mass is 10.1. The second kappa shape index (κ2) is 8.19. The average Bonchev–Trinajstić information content (AvgIpc) is 3.18. The predicted octanol–water partition coefficient (Wildman–Crippen LogP) is 5.26. The van der Waals surface area contributed by atoms with Gasteiger partial charge < -0.3 is 4.90 Å². The summed E-state index contributed by atoms with van der Waals surface area (Å²) in [5.41, 5.74) is 3.12. The molecule has 2 aromatic carbocycles. The van der Waals surface area contributed by atoms with Gasteiger partial charge in [-0.25, -0.2) is 4.98 Å². The number of pyridine rings is 1. The summed E-state index contributed by atoms with van der Waals surface area (Å²) in [5, 5.41) is 1.17. The minimum atomic E-state index is -0.129. The number of rotatable bonds is 5. The van der Waals surface area contributed by atoms with Gasteiger partial charge in [-0.2, -0.15) is 0 Å². The van der Waals surface area contributed by atoms with E-state index in [-0.39, 0.29) is 5.91 Å². The lowest BCUT2D eigenvalue weighted by molar-refractivity contribution is 0.0985. The highest BCUT2D eigenvalue weighted by Crippen LogP contribution is 2.34. The molecule has 0 radical (unpaired) electrons. The third-order valence-corrected chi connectivity index (χ3v) is 5.86. The van der Waals surface area contributed by atoms with Crippen LogP contribution < -0.4 is 9.80 Å². The first-order chi connectivity index (χ1) is 14.0. The van der Waals surface area contributed by atoms with Gasteiger partial charge in [-0.05, 0) is 48.5 Å². The Morgan fingerprint density at radius 1 is 1.03 bits per heavy atom. The van der Waals surface area contributed by atoms with Crippen LogP contribution in [0.15, 0.2) is 66.9 Å². The van der Waals surface area contributed by atoms with Gasteiger partial charge in [0.15, 0.2) is 5.13 Å². The number of hydrogen-bond donors (Lipinski definition) is 0. The maximum absolute atomic E-state index is 13.4. The number of nitrogens with zero attached hydrogens (tertiary/aromatic N) is 4. The van der Waals surface area contributed by atoms with Crippen molar-refractivity contribution in [1.29, 1.82) is 0 Å². The van der Waals surface area contributed by atoms with E-state index in [1.165, 1.54) is 11.3 Å². The average molecular weight is 423 g/mol. The highest BCUT2D eigenvalue weighted by molar-refractivity contribution is 7.22. The lowest BCUT2D eigenvalue weighted by Gasteiger charge is -2.20. The molecule has 0 N–H and O–H groups in total. The van der Waals surface area contributed by atoms with Crippen LogP contribution in [0.2, 0.25) is 5.02 Å². The number of fused-ring (bicyclic) bond motifs is 1. The van der Waals surface area contributed by atoms with E-state index in [4.69, 9.17) is 11.6 Å². The van der Waals surface area contributed by atoms with E-state index in [1.54, 1.807) is 17.2 Å². The lowest BCUT2D eigenvalue weighted by Crippen LogP contribution is -2.30. The number of thiazole rings is 1. The van der Waals surface area contributed by atoms with E-state index in [9.17, 15) is 4.79 Å². The molecular weight excluding hydrogens is 404 g/mol. The fraction of sp³-hybridized carbons (Fsp3) is 0.136. The maximum atomic E-state index is 13.4. The normalized spacial score (nSPS) is 10.9. The molecule has 5 nitrogen and oxygen atoms in total. The molecule has 0 saturated heterocycles. The van der Waals surface area contributed by atoms with Crippen LogP contribution in [0.4, 0.5) is 10.8 Å². The summed E-state index contributed by atoms with van der Waals surface area (Å²) in [5.74, 6) is -0.129. The molecule has 0 saturated carbocycles. The fourth-order valence-electron chi connectivity index (χ4n) is 2.96. The van der Waals surface area contributed by atoms with Gasteiger partial charge in [0.05, 0.1) is 22.0 Å². The van der Waals surface area contributed by atoms with E-state index in [1.807, 2.05) is 73.6 Å². The van der Waals surface area contributed by atoms with Crippen molar-refractivity contribution in [3.05, 3.63) is 83.1 Å². The van der Waals surface area contributed by atoms with Crippen LogP contribution in [-0.4, -0.2) is 30.0 Å². The largest absolute Gasteiger partial charge is 0.378 e. The molecule has 0 fully saturated rings. The van der Waals surface area contributed by atoms with E-state index in [2.05, 4.69) is 9.97 Å². The number of halogens is 1. The molecule has 29 heavy (non-hydrogen) atoms. The summed E-state index contributed by atoms with van der Waals surface area (Å²) in [4.78, 5) is 26.1. The van der Waals surface area contributed by atoms with Gasteiger partial charge in [-0.1, -0.05) is 35.1 Å². The number of amides is 1. The van der Waals surface area contributed by atoms with Crippen molar-refractivity contribution in [1.82, 2.24) is 9.97 Å². The second-order valence-corrected chi connectivity index (χ2v) is 8.15. The number of carbonyl (C=O) groups excluding carboxylic acids is 1. The number of anilines is 2. The third kappa shape index (κ3) is 4.09. The van der Waals surface area contributed by atoms with Gasteiger partial charge in [0.2, 0.25) is 0 Å². The Kier molecular flexibility index (Phi) is 5.47. The summed E-state index contributed by atoms with van der Waals surface area (Å²) in [7, 11) is 3.93. The zero-order chi connectivity index (χ0) is 20.4. The molecule has 2 heterocycles. The van der Waals surface area contributed by atoms with Crippen molar-refractivity contribution in [3.63, 3.8) is 0 Å². The van der Waals surface area contributed by atoms with Crippen LogP contribution in [0.3, 0.4) is 0 Å². The summed E-state index contributed by atoms with van der Waals surface area (Å²) in [6.45, 7) is 0.326. The number of hydrogen-bond acceptors (Lipinski definition) is 5. The fourth-order valence-corrected chi connectivity index (χ4v) is 4.22. The molecule has 0 aliphatic rings. The summed E-state index contributed by atoms with van der Waals surface area (Å²) in [6, 6.07) is 18.8. The third-order valence-electron chi connectivity index (χ3n) is 4.51. The number of carbonyl (C=O) groups is 1. The SMILES string of the molecule is CN(C)c1ccc(C(=O)N(Cc2ccccn2)c2nc3c(Cl)cccc3s2)cc1. The Labute approximate surface area is 178 Å². The molecule has 4 aromatic rings. The first-order valence-corrected chi connectivity index (χ1v) is 10.3. The van der Waals surface area contributed by atoms with Crippen LogP contribution in [0.1, 0.15) is 16.1 Å². The van der Waals surface area contributed by atoms with Crippen LogP contribution in [-0.2, 0) is 6.54 Å². The van der Waals surface area contributed by atoms with Gasteiger partial charge in [0.25, 0.3) is 5.91 Å². The molecule has 0 unspecified atom stereocenters. The number of benzene rings is 2. The van der Waals surface area contributed by atoms with Gasteiger partial charge in [-0.3, -0.25) is 14.7 Å². The molecule has 146 valence electrons. The summed E-state index contributed by atoms with van der Waals surface area (Å²) in [6.07, 6.45) is 1.72. The topological polar surface area (TPSA) is 49.3 Å². The maximum Gasteiger partial charge on any atom is 0.260 e.